The zero-order valence-corrected chi connectivity index (χ0v) is 82.5. The predicted octanol–water partition coefficient (Wildman–Crippen LogP) is 16.6. The quantitative estimate of drug-likeness (QED) is 0.0411. The molecule has 3 amide bonds. The first-order valence-corrected chi connectivity index (χ1v) is 50.4. The van der Waals surface area contributed by atoms with Gasteiger partial charge in [-0.15, -0.1) is 0 Å². The largest absolute Gasteiger partial charge is 0.497 e. The number of likely N-dealkylation sites (N-methyl/N-ethyl adjacent to an activating group) is 3. The number of aryl methyl sites for hydroxylation is 6. The van der Waals surface area contributed by atoms with E-state index >= 15 is 0 Å². The van der Waals surface area contributed by atoms with Crippen LogP contribution in [0.25, 0.3) is 32.7 Å². The minimum absolute atomic E-state index is 0.109. The Morgan fingerprint density at radius 1 is 0.274 bits per heavy atom. The molecule has 9 aromatic carbocycles. The highest BCUT2D eigenvalue weighted by Gasteiger charge is 2.29. The molecule has 0 radical (unpaired) electrons. The Balaban J connectivity index is 0.000000147. The normalized spacial score (nSPS) is 16.9. The van der Waals surface area contributed by atoms with Crippen molar-refractivity contribution in [3.63, 3.8) is 0 Å². The maximum atomic E-state index is 13.5. The Bertz CT molecular complexity index is 5930. The van der Waals surface area contributed by atoms with Crippen molar-refractivity contribution < 1.29 is 23.5 Å². The van der Waals surface area contributed by atoms with Crippen molar-refractivity contribution in [3.8, 4) is 5.75 Å². The Morgan fingerprint density at radius 3 is 0.889 bits per heavy atom. The zero-order chi connectivity index (χ0) is 93.9. The van der Waals surface area contributed by atoms with Gasteiger partial charge in [0.2, 0.25) is 0 Å². The number of hydrogen-bond donors (Lipinski definition) is 0. The highest BCUT2D eigenvalue weighted by Crippen LogP contribution is 2.33. The Labute approximate surface area is 803 Å². The molecule has 0 N–H and O–H groups in total. The summed E-state index contributed by atoms with van der Waals surface area (Å²) < 4.78 is 26.4. The van der Waals surface area contributed by atoms with Gasteiger partial charge in [-0.05, 0) is 304 Å². The zero-order valence-electron chi connectivity index (χ0n) is 82.5. The molecule has 6 aliphatic heterocycles. The van der Waals surface area contributed by atoms with Crippen LogP contribution in [0.4, 0.5) is 4.39 Å². The maximum absolute atomic E-state index is 13.5. The fourth-order valence-electron chi connectivity index (χ4n) is 21.1. The van der Waals surface area contributed by atoms with Crippen molar-refractivity contribution in [2.24, 2.45) is 0 Å². The number of hydrogen-bond acceptors (Lipinski definition) is 13. The molecule has 19 nitrogen and oxygen atoms in total. The predicted molar refractivity (Wildman–Crippen MR) is 552 cm³/mol. The van der Waals surface area contributed by atoms with Crippen molar-refractivity contribution in [2.45, 2.75) is 119 Å². The van der Waals surface area contributed by atoms with Gasteiger partial charge in [0.1, 0.15) is 11.6 Å². The molecule has 714 valence electrons. The lowest BCUT2D eigenvalue weighted by Crippen LogP contribution is -2.49. The molecule has 9 heterocycles. The number of nitrogens with zero attached hydrogens (tertiary/aromatic N) is 15. The lowest BCUT2D eigenvalue weighted by atomic mass is 10.00. The molecule has 0 atom stereocenters. The van der Waals surface area contributed by atoms with Crippen LogP contribution in [0.2, 0.25) is 0 Å². The molecular weight excluding hydrogens is 1670 g/mol. The number of ether oxygens (including phenoxy) is 1. The molecule has 0 spiro atoms. The SMILES string of the molecule is COc1cccc(CCN2CCN(C(=O)c3cccc(Cc4ccc5c(c4)c(C)c(C)n5CCCN4CCN(C)CC4)c3)CC2)c1.Cc1c(C)n(CCCN2CCN(C)CC2)c2ccc(Cc3cccc(C(=O)N4CCN(CCc5cccc(F)c5)CC4)c3)cc12.Cc1c(C)n(CCCN2CCN(C)CC2)c2ccc(Cc3cccc(C(=O)N4CCN(CCc5ccccc5)CC4)c3)cc12. The minimum atomic E-state index is -0.183. The second-order valence-corrected chi connectivity index (χ2v) is 39.4. The monoisotopic (exact) mass is 1820 g/mol. The summed E-state index contributed by atoms with van der Waals surface area (Å²) in [7, 11) is 8.36. The molecule has 6 fully saturated rings. The number of amides is 3. The van der Waals surface area contributed by atoms with E-state index in [1.54, 1.807) is 19.2 Å². The van der Waals surface area contributed by atoms with Gasteiger partial charge >= 0.3 is 0 Å². The summed E-state index contributed by atoms with van der Waals surface area (Å²) in [6.45, 7) is 47.2. The highest BCUT2D eigenvalue weighted by molar-refractivity contribution is 5.96. The highest BCUT2D eigenvalue weighted by atomic mass is 19.1. The third-order valence-corrected chi connectivity index (χ3v) is 30.2. The van der Waals surface area contributed by atoms with Gasteiger partial charge in [0, 0.05) is 263 Å². The van der Waals surface area contributed by atoms with Crippen LogP contribution in [-0.4, -0.2) is 315 Å². The summed E-state index contributed by atoms with van der Waals surface area (Å²) in [5, 5.41) is 4.05. The summed E-state index contributed by atoms with van der Waals surface area (Å²) in [5.74, 6) is 1.13. The summed E-state index contributed by atoms with van der Waals surface area (Å²) in [5.41, 5.74) is 25.7. The average molecular weight is 1820 g/mol. The van der Waals surface area contributed by atoms with Crippen LogP contribution in [0.1, 0.15) is 134 Å². The first-order chi connectivity index (χ1) is 65.6. The number of aromatic nitrogens is 3. The third-order valence-electron chi connectivity index (χ3n) is 30.2. The van der Waals surface area contributed by atoms with Crippen molar-refractivity contribution in [3.05, 3.63) is 313 Å². The minimum Gasteiger partial charge on any atom is -0.497 e. The van der Waals surface area contributed by atoms with E-state index in [-0.39, 0.29) is 23.5 Å². The van der Waals surface area contributed by atoms with Crippen LogP contribution < -0.4 is 4.74 Å². The Hall–Kier alpha value is -10.6. The van der Waals surface area contributed by atoms with Crippen LogP contribution in [0.5, 0.6) is 5.75 Å². The number of rotatable bonds is 31. The topological polar surface area (TPSA) is 114 Å². The number of methoxy groups -OCH3 is 1. The summed E-state index contributed by atoms with van der Waals surface area (Å²) >= 11 is 0. The molecular formula is C115H148FN15O4. The van der Waals surface area contributed by atoms with E-state index in [0.717, 1.165) is 183 Å². The molecule has 6 saturated heterocycles. The van der Waals surface area contributed by atoms with Gasteiger partial charge < -0.3 is 62.5 Å². The molecule has 0 saturated carbocycles. The van der Waals surface area contributed by atoms with E-state index in [4.69, 9.17) is 4.74 Å². The van der Waals surface area contributed by atoms with Gasteiger partial charge in [0.15, 0.2) is 0 Å². The average Bonchev–Trinajstić information content (AvgIpc) is 1.63. The smallest absolute Gasteiger partial charge is 0.253 e. The number of halogens is 1. The molecule has 0 aliphatic carbocycles. The summed E-state index contributed by atoms with van der Waals surface area (Å²) in [6, 6.07) is 71.4. The summed E-state index contributed by atoms with van der Waals surface area (Å²) in [6.07, 6.45) is 8.84. The second-order valence-electron chi connectivity index (χ2n) is 39.4. The van der Waals surface area contributed by atoms with Crippen LogP contribution in [0.3, 0.4) is 0 Å². The summed E-state index contributed by atoms with van der Waals surface area (Å²) in [4.78, 5) is 68.8. The molecule has 0 bridgehead atoms. The van der Waals surface area contributed by atoms with Gasteiger partial charge in [-0.3, -0.25) is 29.1 Å². The fourth-order valence-corrected chi connectivity index (χ4v) is 21.1. The lowest BCUT2D eigenvalue weighted by Gasteiger charge is -2.34. The molecule has 12 aromatic rings. The second kappa shape index (κ2) is 47.0. The maximum Gasteiger partial charge on any atom is 0.253 e. The van der Waals surface area contributed by atoms with Crippen molar-refractivity contribution in [2.75, 3.05) is 225 Å². The van der Waals surface area contributed by atoms with E-state index in [1.165, 1.54) is 222 Å². The molecule has 20 heteroatoms. The van der Waals surface area contributed by atoms with Crippen molar-refractivity contribution in [1.82, 2.24) is 72.5 Å². The fraction of sp³-hybridized carbons (Fsp3) is 0.452. The third kappa shape index (κ3) is 25.8. The van der Waals surface area contributed by atoms with Gasteiger partial charge in [-0.1, -0.05) is 109 Å². The number of piperazine rings is 6. The number of fused-ring (bicyclic) bond motifs is 3. The van der Waals surface area contributed by atoms with Crippen molar-refractivity contribution in [1.29, 1.82) is 0 Å². The number of benzene rings is 9. The van der Waals surface area contributed by atoms with E-state index in [9.17, 15) is 18.8 Å². The first-order valence-electron chi connectivity index (χ1n) is 50.4. The van der Waals surface area contributed by atoms with Gasteiger partial charge in [-0.25, -0.2) is 4.39 Å². The van der Waals surface area contributed by atoms with Crippen LogP contribution >= 0.6 is 0 Å². The standard InChI is InChI=1S/C39H51N5O2.C38H48FN5O.C38H49N5O/c1-30-31(2)44(16-7-15-41-20-18-40(3)19-21-41)38-13-12-34(29-37(30)38)26-33-9-5-10-35(27-33)39(45)43-24-22-42(23-25-43)17-14-32-8-6-11-36(28-32)46-4;1-29-30(2)44(15-6-14-41-19-17-40(3)18-20-41)37-12-11-33(28-36(29)37)25-32-8-4-9-34(26-32)38(45)43-23-21-42(22-24-43)16-13-31-7-5-10-35(39)27-31;1-30-31(2)43(17-8-16-40-21-19-39(3)20-22-40)37-14-13-34(29-36(30)37)27-33-11-7-12-35(28-33)38(44)42-25-23-41(24-26-42)18-15-32-9-5-4-6-10-32/h5-6,8-13,27-29H,7,14-26H2,1-4H3;4-5,7-12,26-28H,6,13-25H2,1-3H3;4-7,9-14,28-29H,8,15-27H2,1-3H3. The number of carbonyl (C=O) groups is 3. The Morgan fingerprint density at radius 2 is 0.556 bits per heavy atom. The van der Waals surface area contributed by atoms with E-state index in [2.05, 4.69) is 254 Å². The van der Waals surface area contributed by atoms with Gasteiger partial charge in [0.05, 0.1) is 7.11 Å². The molecule has 6 aliphatic rings. The Kier molecular flexibility index (Phi) is 33.9. The first kappa shape index (κ1) is 97.5. The molecule has 18 rings (SSSR count). The van der Waals surface area contributed by atoms with Crippen LogP contribution in [0.15, 0.2) is 206 Å². The van der Waals surface area contributed by atoms with Crippen LogP contribution in [-0.2, 0) is 58.2 Å². The number of carbonyl (C=O) groups excluding carboxylic acids is 3. The van der Waals surface area contributed by atoms with Gasteiger partial charge in [0.25, 0.3) is 17.7 Å². The van der Waals surface area contributed by atoms with Gasteiger partial charge in [-0.2, -0.15) is 0 Å². The lowest BCUT2D eigenvalue weighted by molar-refractivity contribution is 0.0632. The molecule has 3 aromatic heterocycles. The van der Waals surface area contributed by atoms with E-state index in [1.807, 2.05) is 69.3 Å². The van der Waals surface area contributed by atoms with Crippen molar-refractivity contribution >= 4 is 50.4 Å². The molecule has 0 unspecified atom stereocenters. The molecule has 135 heavy (non-hydrogen) atoms. The van der Waals surface area contributed by atoms with Crippen LogP contribution in [0, 0.1) is 47.4 Å². The van der Waals surface area contributed by atoms with E-state index < -0.39 is 0 Å². The van der Waals surface area contributed by atoms with E-state index in [0.29, 0.717) is 13.1 Å².